The van der Waals surface area contributed by atoms with Crippen molar-refractivity contribution in [3.63, 3.8) is 0 Å². The highest BCUT2D eigenvalue weighted by atomic mass is 32.1. The summed E-state index contributed by atoms with van der Waals surface area (Å²) in [6.45, 7) is 1.73. The van der Waals surface area contributed by atoms with Gasteiger partial charge < -0.3 is 5.73 Å². The van der Waals surface area contributed by atoms with Gasteiger partial charge in [0.05, 0.1) is 0 Å². The predicted octanol–water partition coefficient (Wildman–Crippen LogP) is 0.112. The highest BCUT2D eigenvalue weighted by molar-refractivity contribution is 7.77. The van der Waals surface area contributed by atoms with Gasteiger partial charge in [-0.2, -0.15) is 0 Å². The first kappa shape index (κ1) is 7.27. The summed E-state index contributed by atoms with van der Waals surface area (Å²) >= 11 is 4.01. The van der Waals surface area contributed by atoms with Crippen molar-refractivity contribution in [2.24, 2.45) is 5.73 Å². The van der Waals surface area contributed by atoms with Crippen LogP contribution in [0.1, 0.15) is 6.42 Å². The molecule has 0 saturated heterocycles. The molecule has 0 amide bonds. The Morgan fingerprint density at radius 2 is 2.29 bits per heavy atom. The van der Waals surface area contributed by atoms with Crippen LogP contribution in [-0.4, -0.2) is 24.4 Å². The number of thiol groups is 1. The molecule has 44 valence electrons. The van der Waals surface area contributed by atoms with Crippen molar-refractivity contribution in [3.8, 4) is 0 Å². The Labute approximate surface area is 50.2 Å². The molecule has 0 radical (unpaired) electrons. The maximum absolute atomic E-state index is 5.22. The summed E-state index contributed by atoms with van der Waals surface area (Å²) < 4.78 is 1.83. The highest BCUT2D eigenvalue weighted by Crippen LogP contribution is 1.86. The second kappa shape index (κ2) is 4.43. The van der Waals surface area contributed by atoms with Crippen LogP contribution in [0.2, 0.25) is 0 Å². The Morgan fingerprint density at radius 3 is 2.43 bits per heavy atom. The third kappa shape index (κ3) is 6.27. The monoisotopic (exact) mass is 120 g/mol. The molecule has 0 aromatic heterocycles. The summed E-state index contributed by atoms with van der Waals surface area (Å²) in [5, 5.41) is 0. The molecule has 0 aromatic carbocycles. The average Bonchev–Trinajstić information content (AvgIpc) is 1.61. The Balaban J connectivity index is 2.68. The van der Waals surface area contributed by atoms with Crippen LogP contribution in [0.4, 0.5) is 0 Å². The van der Waals surface area contributed by atoms with Gasteiger partial charge in [-0.3, -0.25) is 4.31 Å². The number of hydrogen-bond acceptors (Lipinski definition) is 3. The summed E-state index contributed by atoms with van der Waals surface area (Å²) in [5.74, 6) is 0. The summed E-state index contributed by atoms with van der Waals surface area (Å²) in [7, 11) is 1.92. The van der Waals surface area contributed by atoms with E-state index in [0.29, 0.717) is 0 Å². The van der Waals surface area contributed by atoms with Gasteiger partial charge in [-0.05, 0) is 20.0 Å². The van der Waals surface area contributed by atoms with E-state index in [1.54, 1.807) is 0 Å². The molecular weight excluding hydrogens is 108 g/mol. The molecule has 0 aliphatic carbocycles. The Kier molecular flexibility index (Phi) is 4.60. The molecule has 7 heavy (non-hydrogen) atoms. The minimum absolute atomic E-state index is 0.755. The molecule has 0 saturated carbocycles. The van der Waals surface area contributed by atoms with E-state index in [2.05, 4.69) is 12.8 Å². The van der Waals surface area contributed by atoms with Crippen LogP contribution in [0.25, 0.3) is 0 Å². The van der Waals surface area contributed by atoms with Crippen molar-refractivity contribution in [1.82, 2.24) is 4.31 Å². The van der Waals surface area contributed by atoms with Crippen LogP contribution in [0.5, 0.6) is 0 Å². The molecule has 2 N–H and O–H groups in total. The lowest BCUT2D eigenvalue weighted by Crippen LogP contribution is -2.11. The van der Waals surface area contributed by atoms with Gasteiger partial charge in [-0.25, -0.2) is 0 Å². The fourth-order valence-electron chi connectivity index (χ4n) is 0.320. The molecule has 0 aliphatic rings. The molecule has 0 heterocycles. The van der Waals surface area contributed by atoms with E-state index in [1.165, 1.54) is 0 Å². The molecular formula is C4H12N2S. The number of rotatable bonds is 3. The predicted molar refractivity (Wildman–Crippen MR) is 35.3 cm³/mol. The minimum Gasteiger partial charge on any atom is -0.330 e. The summed E-state index contributed by atoms with van der Waals surface area (Å²) in [6.07, 6.45) is 1.03. The number of hydrogen-bond donors (Lipinski definition) is 2. The maximum atomic E-state index is 5.22. The minimum atomic E-state index is 0.755. The van der Waals surface area contributed by atoms with E-state index in [4.69, 9.17) is 5.73 Å². The Morgan fingerprint density at radius 1 is 1.71 bits per heavy atom. The molecule has 0 rings (SSSR count). The van der Waals surface area contributed by atoms with E-state index in [1.807, 2.05) is 11.4 Å². The van der Waals surface area contributed by atoms with Gasteiger partial charge in [0.1, 0.15) is 0 Å². The van der Waals surface area contributed by atoms with E-state index in [-0.39, 0.29) is 0 Å². The van der Waals surface area contributed by atoms with Crippen molar-refractivity contribution in [2.75, 3.05) is 20.1 Å². The summed E-state index contributed by atoms with van der Waals surface area (Å²) in [4.78, 5) is 0. The van der Waals surface area contributed by atoms with Gasteiger partial charge in [-0.15, -0.1) is 0 Å². The fourth-order valence-corrected chi connectivity index (χ4v) is 0.462. The quantitative estimate of drug-likeness (QED) is 0.518. The van der Waals surface area contributed by atoms with Gasteiger partial charge in [-0.1, -0.05) is 12.8 Å². The summed E-state index contributed by atoms with van der Waals surface area (Å²) in [6, 6.07) is 0. The van der Waals surface area contributed by atoms with Crippen molar-refractivity contribution in [2.45, 2.75) is 6.42 Å². The normalized spacial score (nSPS) is 10.3. The molecule has 0 aliphatic heterocycles. The fraction of sp³-hybridized carbons (Fsp3) is 1.00. The van der Waals surface area contributed by atoms with Crippen LogP contribution < -0.4 is 5.73 Å². The molecule has 0 bridgehead atoms. The standard InChI is InChI=1S/C4H12N2S/c1-6(7)4-2-3-5/h7H,2-5H2,1H3. The molecule has 0 spiro atoms. The summed E-state index contributed by atoms with van der Waals surface area (Å²) in [5.41, 5.74) is 5.22. The van der Waals surface area contributed by atoms with Crippen LogP contribution in [0, 0.1) is 0 Å². The van der Waals surface area contributed by atoms with E-state index >= 15 is 0 Å². The third-order valence-electron chi connectivity index (χ3n) is 0.686. The largest absolute Gasteiger partial charge is 0.330 e. The SMILES string of the molecule is CN(S)CCCN. The second-order valence-electron chi connectivity index (χ2n) is 1.52. The van der Waals surface area contributed by atoms with Gasteiger partial charge in [0.15, 0.2) is 0 Å². The van der Waals surface area contributed by atoms with Gasteiger partial charge in [0.25, 0.3) is 0 Å². The van der Waals surface area contributed by atoms with Gasteiger partial charge in [0, 0.05) is 6.54 Å². The van der Waals surface area contributed by atoms with Crippen molar-refractivity contribution in [1.29, 1.82) is 0 Å². The van der Waals surface area contributed by atoms with Gasteiger partial charge in [0.2, 0.25) is 0 Å². The van der Waals surface area contributed by atoms with Crippen molar-refractivity contribution >= 4 is 12.8 Å². The topological polar surface area (TPSA) is 29.3 Å². The average molecular weight is 120 g/mol. The van der Waals surface area contributed by atoms with Crippen LogP contribution in [0.3, 0.4) is 0 Å². The van der Waals surface area contributed by atoms with E-state index in [0.717, 1.165) is 19.5 Å². The Hall–Kier alpha value is 0.270. The first-order chi connectivity index (χ1) is 3.27. The maximum Gasteiger partial charge on any atom is 0.00958 e. The molecule has 0 unspecified atom stereocenters. The van der Waals surface area contributed by atoms with Crippen LogP contribution >= 0.6 is 12.8 Å². The number of nitrogens with zero attached hydrogens (tertiary/aromatic N) is 1. The first-order valence-corrected chi connectivity index (χ1v) is 2.77. The first-order valence-electron chi connectivity index (χ1n) is 2.37. The lowest BCUT2D eigenvalue weighted by atomic mass is 10.4. The zero-order valence-corrected chi connectivity index (χ0v) is 5.49. The van der Waals surface area contributed by atoms with Gasteiger partial charge >= 0.3 is 0 Å². The lowest BCUT2D eigenvalue weighted by Gasteiger charge is -2.04. The van der Waals surface area contributed by atoms with E-state index < -0.39 is 0 Å². The molecule has 0 fully saturated rings. The van der Waals surface area contributed by atoms with Crippen LogP contribution in [-0.2, 0) is 0 Å². The van der Waals surface area contributed by atoms with Crippen LogP contribution in [0.15, 0.2) is 0 Å². The molecule has 2 nitrogen and oxygen atoms in total. The zero-order chi connectivity index (χ0) is 5.70. The van der Waals surface area contributed by atoms with Crippen molar-refractivity contribution in [3.05, 3.63) is 0 Å². The third-order valence-corrected chi connectivity index (χ3v) is 0.886. The molecule has 0 atom stereocenters. The number of nitrogens with two attached hydrogens (primary N) is 1. The lowest BCUT2D eigenvalue weighted by molar-refractivity contribution is 0.553. The van der Waals surface area contributed by atoms with Crippen molar-refractivity contribution < 1.29 is 0 Å². The highest BCUT2D eigenvalue weighted by Gasteiger charge is 1.85. The molecule has 3 heteroatoms. The molecule has 0 aromatic rings. The zero-order valence-electron chi connectivity index (χ0n) is 4.59. The smallest absolute Gasteiger partial charge is 0.00958 e. The Bertz CT molecular complexity index is 38.7. The second-order valence-corrected chi connectivity index (χ2v) is 2.21. The van der Waals surface area contributed by atoms with E-state index in [9.17, 15) is 0 Å².